The van der Waals surface area contributed by atoms with Crippen LogP contribution in [-0.4, -0.2) is 23.7 Å². The Balaban J connectivity index is 2.03. The van der Waals surface area contributed by atoms with Crippen LogP contribution in [0.3, 0.4) is 0 Å². The van der Waals surface area contributed by atoms with Crippen molar-refractivity contribution in [2.45, 2.75) is 38.3 Å². The molecule has 0 amide bonds. The van der Waals surface area contributed by atoms with Gasteiger partial charge >= 0.3 is 6.18 Å². The third-order valence-electron chi connectivity index (χ3n) is 3.27. The SMILES string of the molecule is O/N=C1/CCCc2c(OCCCC(F)(F)F)cccc21. The number of benzene rings is 1. The van der Waals surface area contributed by atoms with Crippen LogP contribution in [0.25, 0.3) is 0 Å². The minimum absolute atomic E-state index is 0.0293. The van der Waals surface area contributed by atoms with E-state index in [0.29, 0.717) is 17.9 Å². The number of nitrogens with zero attached hydrogens (tertiary/aromatic N) is 1. The lowest BCUT2D eigenvalue weighted by Crippen LogP contribution is -2.14. The van der Waals surface area contributed by atoms with E-state index in [1.165, 1.54) is 0 Å². The molecule has 1 aromatic carbocycles. The van der Waals surface area contributed by atoms with Crippen molar-refractivity contribution in [3.63, 3.8) is 0 Å². The topological polar surface area (TPSA) is 41.8 Å². The number of fused-ring (bicyclic) bond motifs is 1. The molecule has 1 aliphatic carbocycles. The summed E-state index contributed by atoms with van der Waals surface area (Å²) in [5.74, 6) is 0.588. The standard InChI is InChI=1S/C14H16F3NO2/c15-14(16,17)8-3-9-20-13-7-2-4-10-11(13)5-1-6-12(10)18-19/h2,4,7,19H,1,3,5-6,8-9H2/b18-12-. The number of hydrogen-bond donors (Lipinski definition) is 1. The molecule has 0 aliphatic heterocycles. The molecule has 1 aliphatic rings. The molecule has 0 spiro atoms. The van der Waals surface area contributed by atoms with Gasteiger partial charge in [-0.15, -0.1) is 0 Å². The largest absolute Gasteiger partial charge is 0.493 e. The second-order valence-electron chi connectivity index (χ2n) is 4.75. The summed E-state index contributed by atoms with van der Waals surface area (Å²) >= 11 is 0. The van der Waals surface area contributed by atoms with Crippen molar-refractivity contribution in [2.24, 2.45) is 5.16 Å². The molecule has 110 valence electrons. The molecule has 6 heteroatoms. The maximum atomic E-state index is 12.1. The fraction of sp³-hybridized carbons (Fsp3) is 0.500. The van der Waals surface area contributed by atoms with Gasteiger partial charge in [0.2, 0.25) is 0 Å². The van der Waals surface area contributed by atoms with Crippen LogP contribution in [0.2, 0.25) is 0 Å². The summed E-state index contributed by atoms with van der Waals surface area (Å²) in [6.45, 7) is 0.0293. The van der Waals surface area contributed by atoms with E-state index in [4.69, 9.17) is 9.94 Å². The van der Waals surface area contributed by atoms with Crippen LogP contribution in [0.4, 0.5) is 13.2 Å². The Morgan fingerprint density at radius 1 is 1.25 bits per heavy atom. The summed E-state index contributed by atoms with van der Waals surface area (Å²) in [5.41, 5.74) is 2.35. The van der Waals surface area contributed by atoms with E-state index in [9.17, 15) is 13.2 Å². The predicted octanol–water partition coefficient (Wildman–Crippen LogP) is 3.92. The zero-order valence-electron chi connectivity index (χ0n) is 10.9. The molecule has 0 fully saturated rings. The van der Waals surface area contributed by atoms with Gasteiger partial charge in [0.25, 0.3) is 0 Å². The number of rotatable bonds is 4. The molecule has 0 bridgehead atoms. The van der Waals surface area contributed by atoms with Gasteiger partial charge in [0, 0.05) is 17.5 Å². The maximum Gasteiger partial charge on any atom is 0.389 e. The van der Waals surface area contributed by atoms with Crippen molar-refractivity contribution in [3.8, 4) is 5.75 Å². The highest BCUT2D eigenvalue weighted by molar-refractivity contribution is 6.02. The average Bonchev–Trinajstić information content (AvgIpc) is 2.42. The van der Waals surface area contributed by atoms with Crippen molar-refractivity contribution in [1.29, 1.82) is 0 Å². The van der Waals surface area contributed by atoms with E-state index in [2.05, 4.69) is 5.16 Å². The van der Waals surface area contributed by atoms with E-state index in [1.54, 1.807) is 12.1 Å². The van der Waals surface area contributed by atoms with Gasteiger partial charge in [0.05, 0.1) is 12.3 Å². The molecule has 20 heavy (non-hydrogen) atoms. The Morgan fingerprint density at radius 2 is 2.05 bits per heavy atom. The molecule has 1 aromatic rings. The first-order valence-corrected chi connectivity index (χ1v) is 6.54. The molecule has 3 nitrogen and oxygen atoms in total. The highest BCUT2D eigenvalue weighted by Crippen LogP contribution is 2.30. The van der Waals surface area contributed by atoms with Crippen molar-refractivity contribution in [3.05, 3.63) is 29.3 Å². The van der Waals surface area contributed by atoms with Crippen LogP contribution in [0.15, 0.2) is 23.4 Å². The fourth-order valence-corrected chi connectivity index (χ4v) is 2.35. The number of halogens is 3. The quantitative estimate of drug-likeness (QED) is 0.518. The highest BCUT2D eigenvalue weighted by atomic mass is 19.4. The monoisotopic (exact) mass is 287 g/mol. The molecule has 0 saturated carbocycles. The second-order valence-corrected chi connectivity index (χ2v) is 4.75. The zero-order chi connectivity index (χ0) is 14.6. The molecule has 0 heterocycles. The first kappa shape index (κ1) is 14.7. The molecule has 0 unspecified atom stereocenters. The Morgan fingerprint density at radius 3 is 2.75 bits per heavy atom. The maximum absolute atomic E-state index is 12.1. The second kappa shape index (κ2) is 6.15. The van der Waals surface area contributed by atoms with Gasteiger partial charge in [-0.25, -0.2) is 0 Å². The number of ether oxygens (including phenoxy) is 1. The Kier molecular flexibility index (Phi) is 4.52. The summed E-state index contributed by atoms with van der Waals surface area (Å²) < 4.78 is 41.6. The first-order valence-electron chi connectivity index (χ1n) is 6.54. The van der Waals surface area contributed by atoms with Crippen LogP contribution < -0.4 is 4.74 Å². The van der Waals surface area contributed by atoms with Crippen molar-refractivity contribution >= 4 is 5.71 Å². The zero-order valence-corrected chi connectivity index (χ0v) is 10.9. The molecular weight excluding hydrogens is 271 g/mol. The van der Waals surface area contributed by atoms with Gasteiger partial charge in [-0.2, -0.15) is 13.2 Å². The molecule has 0 atom stereocenters. The molecule has 0 aromatic heterocycles. The lowest BCUT2D eigenvalue weighted by Gasteiger charge is -2.20. The molecule has 0 saturated heterocycles. The van der Waals surface area contributed by atoms with E-state index in [-0.39, 0.29) is 13.0 Å². The van der Waals surface area contributed by atoms with Gasteiger partial charge in [0.1, 0.15) is 5.75 Å². The fourth-order valence-electron chi connectivity index (χ4n) is 2.35. The van der Waals surface area contributed by atoms with Crippen LogP contribution in [0, 0.1) is 0 Å². The number of alkyl halides is 3. The normalized spacial score (nSPS) is 17.1. The third-order valence-corrected chi connectivity index (χ3v) is 3.27. The van der Waals surface area contributed by atoms with Crippen LogP contribution >= 0.6 is 0 Å². The molecule has 0 radical (unpaired) electrons. The average molecular weight is 287 g/mol. The Labute approximate surface area is 115 Å². The van der Waals surface area contributed by atoms with Crippen LogP contribution in [0.1, 0.15) is 36.8 Å². The van der Waals surface area contributed by atoms with Gasteiger partial charge < -0.3 is 9.94 Å². The van der Waals surface area contributed by atoms with Crippen LogP contribution in [0.5, 0.6) is 5.75 Å². The van der Waals surface area contributed by atoms with Gasteiger partial charge in [-0.1, -0.05) is 17.3 Å². The predicted molar refractivity (Wildman–Crippen MR) is 68.5 cm³/mol. The molecule has 2 rings (SSSR count). The Bertz CT molecular complexity index is 498. The summed E-state index contributed by atoms with van der Waals surface area (Å²) in [6, 6.07) is 5.34. The van der Waals surface area contributed by atoms with E-state index in [1.807, 2.05) is 6.07 Å². The first-order chi connectivity index (χ1) is 9.51. The molecular formula is C14H16F3NO2. The smallest absolute Gasteiger partial charge is 0.389 e. The van der Waals surface area contributed by atoms with Gasteiger partial charge in [-0.05, 0) is 31.7 Å². The summed E-state index contributed by atoms with van der Waals surface area (Å²) in [6.07, 6.45) is -2.73. The Hall–Kier alpha value is -1.72. The van der Waals surface area contributed by atoms with E-state index < -0.39 is 12.6 Å². The number of hydrogen-bond acceptors (Lipinski definition) is 3. The summed E-state index contributed by atoms with van der Waals surface area (Å²) in [7, 11) is 0. The van der Waals surface area contributed by atoms with Gasteiger partial charge in [0.15, 0.2) is 0 Å². The lowest BCUT2D eigenvalue weighted by atomic mass is 9.89. The summed E-state index contributed by atoms with van der Waals surface area (Å²) in [4.78, 5) is 0. The van der Waals surface area contributed by atoms with Crippen molar-refractivity contribution in [2.75, 3.05) is 6.61 Å². The van der Waals surface area contributed by atoms with Crippen molar-refractivity contribution < 1.29 is 23.1 Å². The van der Waals surface area contributed by atoms with E-state index in [0.717, 1.165) is 24.0 Å². The van der Waals surface area contributed by atoms with Gasteiger partial charge in [-0.3, -0.25) is 0 Å². The highest BCUT2D eigenvalue weighted by Gasteiger charge is 2.26. The minimum atomic E-state index is -4.14. The minimum Gasteiger partial charge on any atom is -0.493 e. The molecule has 1 N–H and O–H groups in total. The lowest BCUT2D eigenvalue weighted by molar-refractivity contribution is -0.136. The van der Waals surface area contributed by atoms with Crippen LogP contribution in [-0.2, 0) is 6.42 Å². The number of oxime groups is 1. The van der Waals surface area contributed by atoms with E-state index >= 15 is 0 Å². The third kappa shape index (κ3) is 3.65. The van der Waals surface area contributed by atoms with Crippen molar-refractivity contribution in [1.82, 2.24) is 0 Å². The summed E-state index contributed by atoms with van der Waals surface area (Å²) in [5, 5.41) is 12.2.